The molecule has 4 nitrogen and oxygen atoms in total. The molecule has 0 aliphatic rings. The molecule has 0 saturated carbocycles. The third-order valence-electron chi connectivity index (χ3n) is 3.66. The fourth-order valence-corrected chi connectivity index (χ4v) is 2.78. The minimum absolute atomic E-state index is 0.157. The standard InChI is InChI=1S/C17H15ClF2N4/c1-9(21)17-15(20)3-10(6-22-17)13-4-12(18)5-14(19)16(13)11-7-23-24(2)8-11/h3-9H,21H2,1-2H3. The number of hydrogen-bond acceptors (Lipinski definition) is 3. The van der Waals surface area contributed by atoms with Crippen molar-refractivity contribution < 1.29 is 8.78 Å². The summed E-state index contributed by atoms with van der Waals surface area (Å²) in [5, 5.41) is 4.27. The summed E-state index contributed by atoms with van der Waals surface area (Å²) in [7, 11) is 1.73. The normalized spacial score (nSPS) is 12.4. The van der Waals surface area contributed by atoms with Gasteiger partial charge in [-0.1, -0.05) is 11.6 Å². The zero-order valence-corrected chi connectivity index (χ0v) is 13.9. The zero-order chi connectivity index (χ0) is 17.4. The van der Waals surface area contributed by atoms with E-state index < -0.39 is 17.7 Å². The topological polar surface area (TPSA) is 56.7 Å². The molecule has 3 rings (SSSR count). The van der Waals surface area contributed by atoms with Crippen LogP contribution in [0, 0.1) is 11.6 Å². The van der Waals surface area contributed by atoms with E-state index in [0.29, 0.717) is 22.3 Å². The first-order valence-corrected chi connectivity index (χ1v) is 7.64. The molecule has 2 aromatic heterocycles. The zero-order valence-electron chi connectivity index (χ0n) is 13.1. The Hall–Kier alpha value is -2.31. The molecule has 0 bridgehead atoms. The van der Waals surface area contributed by atoms with Crippen LogP contribution in [0.3, 0.4) is 0 Å². The Labute approximate surface area is 142 Å². The van der Waals surface area contributed by atoms with Crippen molar-refractivity contribution in [3.05, 3.63) is 59.1 Å². The SMILES string of the molecule is CC(N)c1ncc(-c2cc(Cl)cc(F)c2-c2cnn(C)c2)cc1F. The molecule has 24 heavy (non-hydrogen) atoms. The maximum Gasteiger partial charge on any atom is 0.146 e. The van der Waals surface area contributed by atoms with Crippen molar-refractivity contribution in [1.82, 2.24) is 14.8 Å². The number of rotatable bonds is 3. The van der Waals surface area contributed by atoms with E-state index in [2.05, 4.69) is 10.1 Å². The molecule has 2 heterocycles. The van der Waals surface area contributed by atoms with Crippen molar-refractivity contribution >= 4 is 11.6 Å². The van der Waals surface area contributed by atoms with Crippen molar-refractivity contribution in [2.75, 3.05) is 0 Å². The van der Waals surface area contributed by atoms with E-state index in [0.717, 1.165) is 0 Å². The number of pyridine rings is 1. The summed E-state index contributed by atoms with van der Waals surface area (Å²) >= 11 is 5.99. The summed E-state index contributed by atoms with van der Waals surface area (Å²) in [5.41, 5.74) is 7.55. The van der Waals surface area contributed by atoms with Crippen LogP contribution in [0.25, 0.3) is 22.3 Å². The number of aromatic nitrogens is 3. The van der Waals surface area contributed by atoms with Crippen LogP contribution in [0.5, 0.6) is 0 Å². The summed E-state index contributed by atoms with van der Waals surface area (Å²) in [6.45, 7) is 1.64. The summed E-state index contributed by atoms with van der Waals surface area (Å²) < 4.78 is 30.3. The van der Waals surface area contributed by atoms with Crippen molar-refractivity contribution in [3.8, 4) is 22.3 Å². The van der Waals surface area contributed by atoms with E-state index in [1.807, 2.05) is 0 Å². The van der Waals surface area contributed by atoms with Crippen LogP contribution in [0.1, 0.15) is 18.7 Å². The Bertz CT molecular complexity index is 906. The minimum Gasteiger partial charge on any atom is -0.323 e. The molecule has 1 atom stereocenters. The molecule has 0 aliphatic heterocycles. The molecular formula is C17H15ClF2N4. The van der Waals surface area contributed by atoms with E-state index in [4.69, 9.17) is 17.3 Å². The van der Waals surface area contributed by atoms with E-state index in [-0.39, 0.29) is 10.7 Å². The first kappa shape index (κ1) is 16.5. The third-order valence-corrected chi connectivity index (χ3v) is 3.88. The first-order chi connectivity index (χ1) is 11.4. The van der Waals surface area contributed by atoms with Crippen LogP contribution >= 0.6 is 11.6 Å². The van der Waals surface area contributed by atoms with Gasteiger partial charge in [0.05, 0.1) is 11.9 Å². The van der Waals surface area contributed by atoms with Crippen molar-refractivity contribution in [2.45, 2.75) is 13.0 Å². The van der Waals surface area contributed by atoms with E-state index in [9.17, 15) is 8.78 Å². The number of hydrogen-bond donors (Lipinski definition) is 1. The largest absolute Gasteiger partial charge is 0.323 e. The average Bonchev–Trinajstić information content (AvgIpc) is 2.92. The lowest BCUT2D eigenvalue weighted by Gasteiger charge is -2.12. The molecule has 0 spiro atoms. The van der Waals surface area contributed by atoms with Gasteiger partial charge in [-0.2, -0.15) is 5.10 Å². The minimum atomic E-state index is -0.542. The predicted octanol–water partition coefficient (Wildman–Crippen LogP) is 4.10. The maximum atomic E-state index is 14.5. The van der Waals surface area contributed by atoms with Crippen LogP contribution in [0.4, 0.5) is 8.78 Å². The highest BCUT2D eigenvalue weighted by Crippen LogP contribution is 2.36. The monoisotopic (exact) mass is 348 g/mol. The first-order valence-electron chi connectivity index (χ1n) is 7.26. The molecule has 2 N–H and O–H groups in total. The Morgan fingerprint density at radius 2 is 1.88 bits per heavy atom. The highest BCUT2D eigenvalue weighted by atomic mass is 35.5. The molecule has 3 aromatic rings. The fraction of sp³-hybridized carbons (Fsp3) is 0.176. The molecule has 1 unspecified atom stereocenters. The fourth-order valence-electron chi connectivity index (χ4n) is 2.58. The van der Waals surface area contributed by atoms with Crippen molar-refractivity contribution in [2.24, 2.45) is 12.8 Å². The molecular weight excluding hydrogens is 334 g/mol. The lowest BCUT2D eigenvalue weighted by Crippen LogP contribution is -2.10. The highest BCUT2D eigenvalue weighted by Gasteiger charge is 2.18. The van der Waals surface area contributed by atoms with Gasteiger partial charge in [0.25, 0.3) is 0 Å². The van der Waals surface area contributed by atoms with Crippen LogP contribution in [-0.4, -0.2) is 14.8 Å². The smallest absolute Gasteiger partial charge is 0.146 e. The lowest BCUT2D eigenvalue weighted by atomic mass is 9.96. The number of nitrogens with zero attached hydrogens (tertiary/aromatic N) is 3. The summed E-state index contributed by atoms with van der Waals surface area (Å²) in [6, 6.07) is 3.55. The summed E-state index contributed by atoms with van der Waals surface area (Å²) in [6.07, 6.45) is 4.68. The van der Waals surface area contributed by atoms with Gasteiger partial charge in [0.1, 0.15) is 11.6 Å². The molecule has 0 amide bonds. The second kappa shape index (κ2) is 6.30. The van der Waals surface area contributed by atoms with E-state index in [1.54, 1.807) is 30.9 Å². The van der Waals surface area contributed by atoms with Gasteiger partial charge in [0.2, 0.25) is 0 Å². The maximum absolute atomic E-state index is 14.5. The number of halogens is 3. The molecule has 0 radical (unpaired) electrons. The van der Waals surface area contributed by atoms with Crippen LogP contribution in [-0.2, 0) is 7.05 Å². The van der Waals surface area contributed by atoms with Gasteiger partial charge in [-0.3, -0.25) is 9.67 Å². The number of aryl methyl sites for hydroxylation is 1. The molecule has 1 aromatic carbocycles. The van der Waals surface area contributed by atoms with Gasteiger partial charge in [-0.15, -0.1) is 0 Å². The van der Waals surface area contributed by atoms with Crippen LogP contribution in [0.2, 0.25) is 5.02 Å². The molecule has 0 fully saturated rings. The van der Waals surface area contributed by atoms with E-state index in [1.165, 1.54) is 24.5 Å². The lowest BCUT2D eigenvalue weighted by molar-refractivity contribution is 0.579. The Morgan fingerprint density at radius 3 is 2.46 bits per heavy atom. The predicted molar refractivity (Wildman–Crippen MR) is 89.4 cm³/mol. The molecule has 7 heteroatoms. The van der Waals surface area contributed by atoms with E-state index >= 15 is 0 Å². The van der Waals surface area contributed by atoms with Gasteiger partial charge in [0.15, 0.2) is 0 Å². The van der Waals surface area contributed by atoms with Crippen LogP contribution < -0.4 is 5.73 Å². The molecule has 0 saturated heterocycles. The van der Waals surface area contributed by atoms with Gasteiger partial charge in [-0.25, -0.2) is 8.78 Å². The molecule has 124 valence electrons. The Balaban J connectivity index is 2.22. The average molecular weight is 349 g/mol. The van der Waals surface area contributed by atoms with Crippen molar-refractivity contribution in [3.63, 3.8) is 0 Å². The highest BCUT2D eigenvalue weighted by molar-refractivity contribution is 6.31. The second-order valence-corrected chi connectivity index (χ2v) is 6.03. The van der Waals surface area contributed by atoms with Gasteiger partial charge in [-0.05, 0) is 30.7 Å². The summed E-state index contributed by atoms with van der Waals surface area (Å²) in [5.74, 6) is -1.05. The summed E-state index contributed by atoms with van der Waals surface area (Å²) in [4.78, 5) is 4.07. The second-order valence-electron chi connectivity index (χ2n) is 5.59. The van der Waals surface area contributed by atoms with Crippen LogP contribution in [0.15, 0.2) is 36.8 Å². The quantitative estimate of drug-likeness (QED) is 0.775. The molecule has 0 aliphatic carbocycles. The van der Waals surface area contributed by atoms with Gasteiger partial charge >= 0.3 is 0 Å². The number of benzene rings is 1. The Morgan fingerprint density at radius 1 is 1.12 bits per heavy atom. The number of nitrogens with two attached hydrogens (primary N) is 1. The van der Waals surface area contributed by atoms with Crippen molar-refractivity contribution in [1.29, 1.82) is 0 Å². The van der Waals surface area contributed by atoms with Gasteiger partial charge < -0.3 is 5.73 Å². The third kappa shape index (κ3) is 3.02. The Kier molecular flexibility index (Phi) is 4.34. The van der Waals surface area contributed by atoms with Gasteiger partial charge in [0, 0.05) is 47.2 Å².